The number of hydrogen-bond acceptors (Lipinski definition) is 5. The van der Waals surface area contributed by atoms with E-state index in [0.717, 1.165) is 24.2 Å². The number of morpholine rings is 1. The number of amides is 1. The van der Waals surface area contributed by atoms with Crippen molar-refractivity contribution in [2.75, 3.05) is 0 Å². The lowest BCUT2D eigenvalue weighted by molar-refractivity contribution is -0.143. The van der Waals surface area contributed by atoms with Gasteiger partial charge in [0.05, 0.1) is 0 Å². The summed E-state index contributed by atoms with van der Waals surface area (Å²) in [6, 6.07) is 7.80. The second-order valence-corrected chi connectivity index (χ2v) is 13.2. The maximum absolute atomic E-state index is 14.6. The van der Waals surface area contributed by atoms with Gasteiger partial charge in [-0.2, -0.15) is 0 Å². The molecule has 1 aromatic rings. The Morgan fingerprint density at radius 2 is 1.92 bits per heavy atom. The van der Waals surface area contributed by atoms with Crippen LogP contribution in [0.25, 0.3) is 0 Å². The van der Waals surface area contributed by atoms with Crippen molar-refractivity contribution < 1.29 is 24.2 Å². The molecule has 4 heterocycles. The van der Waals surface area contributed by atoms with Gasteiger partial charge in [-0.25, -0.2) is 0 Å². The van der Waals surface area contributed by atoms with Crippen molar-refractivity contribution in [2.45, 2.75) is 70.5 Å². The third-order valence-electron chi connectivity index (χ3n) is 10.9. The fourth-order valence-corrected chi connectivity index (χ4v) is 9.97. The predicted molar refractivity (Wildman–Crippen MR) is 137 cm³/mol. The first-order valence-corrected chi connectivity index (χ1v) is 13.9. The lowest BCUT2D eigenvalue weighted by Crippen LogP contribution is -2.51. The number of aliphatic hydroxyl groups is 1. The van der Waals surface area contributed by atoms with Gasteiger partial charge in [-0.05, 0) is 60.6 Å². The Bertz CT molecular complexity index is 1240. The molecule has 196 valence electrons. The summed E-state index contributed by atoms with van der Waals surface area (Å²) in [5.41, 5.74) is -1.16. The van der Waals surface area contributed by atoms with Crippen LogP contribution in [-0.4, -0.2) is 40.3 Å². The van der Waals surface area contributed by atoms with Crippen LogP contribution in [-0.2, 0) is 20.7 Å². The third kappa shape index (κ3) is 2.89. The molecule has 4 fully saturated rings. The van der Waals surface area contributed by atoms with Gasteiger partial charge in [0.1, 0.15) is 11.9 Å². The smallest absolute Gasteiger partial charge is 0.265 e. The van der Waals surface area contributed by atoms with Gasteiger partial charge < -0.3 is 19.9 Å². The third-order valence-corrected chi connectivity index (χ3v) is 10.9. The van der Waals surface area contributed by atoms with Crippen LogP contribution < -0.4 is 10.1 Å². The average Bonchev–Trinajstić information content (AvgIpc) is 3.50. The lowest BCUT2D eigenvalue weighted by atomic mass is 9.55. The number of fused-ring (bicyclic) bond motifs is 4. The molecule has 0 aromatic heterocycles. The fraction of sp³-hybridized carbons (Fsp3) is 0.613. The van der Waals surface area contributed by atoms with E-state index in [-0.39, 0.29) is 47.4 Å². The number of epoxide rings is 1. The van der Waals surface area contributed by atoms with Crippen LogP contribution in [0, 0.1) is 46.8 Å². The van der Waals surface area contributed by atoms with Gasteiger partial charge in [0.25, 0.3) is 5.91 Å². The van der Waals surface area contributed by atoms with Gasteiger partial charge in [-0.15, -0.1) is 6.58 Å². The number of ether oxygens (including phenoxy) is 2. The summed E-state index contributed by atoms with van der Waals surface area (Å²) in [6.07, 6.45) is 5.35. The van der Waals surface area contributed by atoms with E-state index in [1.807, 2.05) is 30.3 Å². The molecule has 1 amide bonds. The van der Waals surface area contributed by atoms with Gasteiger partial charge in [-0.3, -0.25) is 9.59 Å². The summed E-state index contributed by atoms with van der Waals surface area (Å²) in [4.78, 5) is 28.0. The second kappa shape index (κ2) is 7.35. The van der Waals surface area contributed by atoms with E-state index in [1.165, 1.54) is 5.57 Å². The van der Waals surface area contributed by atoms with E-state index in [1.54, 1.807) is 0 Å². The summed E-state index contributed by atoms with van der Waals surface area (Å²) in [5, 5.41) is 14.2. The molecule has 4 bridgehead atoms. The minimum absolute atomic E-state index is 0.0329. The number of nitrogens with one attached hydrogen (secondary N) is 1. The topological polar surface area (TPSA) is 88.2 Å². The summed E-state index contributed by atoms with van der Waals surface area (Å²) in [6.45, 7) is 13.4. The van der Waals surface area contributed by atoms with E-state index in [9.17, 15) is 14.7 Å². The zero-order chi connectivity index (χ0) is 26.1. The molecule has 3 aliphatic carbocycles. The van der Waals surface area contributed by atoms with Crippen LogP contribution in [0.2, 0.25) is 0 Å². The molecule has 2 saturated carbocycles. The number of rotatable bonds is 1. The molecule has 4 aliphatic heterocycles. The zero-order valence-electron chi connectivity index (χ0n) is 22.1. The van der Waals surface area contributed by atoms with Gasteiger partial charge >= 0.3 is 0 Å². The van der Waals surface area contributed by atoms with E-state index in [2.05, 4.69) is 45.7 Å². The first-order chi connectivity index (χ1) is 17.5. The maximum Gasteiger partial charge on any atom is 0.265 e. The van der Waals surface area contributed by atoms with Crippen LogP contribution >= 0.6 is 0 Å². The molecule has 7 aliphatic rings. The summed E-state index contributed by atoms with van der Waals surface area (Å²) >= 11 is 0. The molecular weight excluding hydrogens is 466 g/mol. The second-order valence-electron chi connectivity index (χ2n) is 13.2. The Morgan fingerprint density at radius 1 is 1.19 bits per heavy atom. The van der Waals surface area contributed by atoms with Crippen molar-refractivity contribution >= 4 is 11.7 Å². The van der Waals surface area contributed by atoms with E-state index in [4.69, 9.17) is 9.47 Å². The standard InChI is InChI=1S/C31H37NO5/c1-6-19-12-17(4)23-22-21(19)26(33)31-27(37-31)30(35,32-28(31)34)14-18-7-9-20(10-8-18)36-25(22)24-16(3)11-15(2)13-29(23,24)5/h6-10,12,15-16,19,21-25,27,35H,1,11,13-14H2,2-5H3,(H,32,34)/t15-,16+,19+,21+,22+,23+,24-,25-,27+,29-,30-,31+/m0/s1. The largest absolute Gasteiger partial charge is 0.490 e. The van der Waals surface area contributed by atoms with Gasteiger partial charge in [0.2, 0.25) is 5.60 Å². The highest BCUT2D eigenvalue weighted by Gasteiger charge is 2.82. The minimum atomic E-state index is -1.64. The molecule has 0 spiro atoms. The van der Waals surface area contributed by atoms with Gasteiger partial charge in [0.15, 0.2) is 17.6 Å². The molecule has 0 unspecified atom stereocenters. The highest BCUT2D eigenvalue weighted by atomic mass is 16.6. The first-order valence-electron chi connectivity index (χ1n) is 13.9. The number of Topliss-reactive ketones (excluding diaryl/α,β-unsaturated/α-hetero) is 1. The average molecular weight is 504 g/mol. The number of benzene rings is 1. The molecule has 1 aromatic carbocycles. The van der Waals surface area contributed by atoms with Crippen molar-refractivity contribution in [1.82, 2.24) is 5.32 Å². The molecule has 2 N–H and O–H groups in total. The van der Waals surface area contributed by atoms with Crippen LogP contribution in [0.4, 0.5) is 0 Å². The number of allylic oxidation sites excluding steroid dienone is 3. The molecule has 6 nitrogen and oxygen atoms in total. The summed E-state index contributed by atoms with van der Waals surface area (Å²) in [7, 11) is 0. The van der Waals surface area contributed by atoms with Crippen LogP contribution in [0.1, 0.15) is 46.1 Å². The normalized spacial score (nSPS) is 51.3. The fourth-order valence-electron chi connectivity index (χ4n) is 9.97. The van der Waals surface area contributed by atoms with Crippen molar-refractivity contribution in [3.8, 4) is 5.75 Å². The lowest BCUT2D eigenvalue weighted by Gasteiger charge is -2.48. The van der Waals surface area contributed by atoms with Crippen LogP contribution in [0.5, 0.6) is 5.75 Å². The van der Waals surface area contributed by atoms with Crippen molar-refractivity contribution in [3.63, 3.8) is 0 Å². The molecule has 0 radical (unpaired) electrons. The highest BCUT2D eigenvalue weighted by Crippen LogP contribution is 2.68. The monoisotopic (exact) mass is 503 g/mol. The molecule has 8 rings (SSSR count). The molecule has 6 heteroatoms. The molecular formula is C31H37NO5. The van der Waals surface area contributed by atoms with Crippen molar-refractivity contribution in [1.29, 1.82) is 0 Å². The Morgan fingerprint density at radius 3 is 2.59 bits per heavy atom. The highest BCUT2D eigenvalue weighted by molar-refractivity contribution is 6.16. The number of hydrogen-bond donors (Lipinski definition) is 2. The van der Waals surface area contributed by atoms with Gasteiger partial charge in [0, 0.05) is 30.1 Å². The minimum Gasteiger partial charge on any atom is -0.490 e. The summed E-state index contributed by atoms with van der Waals surface area (Å²) < 4.78 is 12.9. The van der Waals surface area contributed by atoms with E-state index in [0.29, 0.717) is 11.8 Å². The van der Waals surface area contributed by atoms with Gasteiger partial charge in [-0.1, -0.05) is 50.6 Å². The molecule has 37 heavy (non-hydrogen) atoms. The van der Waals surface area contributed by atoms with E-state index < -0.39 is 29.3 Å². The first kappa shape index (κ1) is 23.7. The summed E-state index contributed by atoms with van der Waals surface area (Å²) in [5.74, 6) is 0.618. The molecule has 2 saturated heterocycles. The zero-order valence-corrected chi connectivity index (χ0v) is 22.1. The number of ketones is 1. The Labute approximate surface area is 218 Å². The van der Waals surface area contributed by atoms with Crippen LogP contribution in [0.3, 0.4) is 0 Å². The Balaban J connectivity index is 1.46. The van der Waals surface area contributed by atoms with Crippen molar-refractivity contribution in [3.05, 3.63) is 54.1 Å². The quantitative estimate of drug-likeness (QED) is 0.346. The predicted octanol–water partition coefficient (Wildman–Crippen LogP) is 3.83. The number of carbonyl (C=O) groups excluding carboxylic acids is 2. The number of carbonyl (C=O) groups is 2. The van der Waals surface area contributed by atoms with Crippen molar-refractivity contribution in [2.24, 2.45) is 46.8 Å². The Hall–Kier alpha value is -2.44. The Kier molecular flexibility index (Phi) is 4.70. The SMILES string of the molecule is C=C[C@@H]1C=C(C)[C@@H]2[C@@H]3[C@H](Oc4ccc(cc4)C[C@@]4(O)NC(=O)[C@@]5(O[C@@H]54)C(=O)[C@H]13)[C@@H]1[C@H](C)C[C@H](C)C[C@]12C. The molecule has 12 atom stereocenters. The van der Waals surface area contributed by atoms with Crippen LogP contribution in [0.15, 0.2) is 48.6 Å². The maximum atomic E-state index is 14.6. The van der Waals surface area contributed by atoms with E-state index >= 15 is 0 Å².